The van der Waals surface area contributed by atoms with Gasteiger partial charge in [-0.2, -0.15) is 0 Å². The van der Waals surface area contributed by atoms with E-state index in [-0.39, 0.29) is 34.9 Å². The monoisotopic (exact) mass is 404 g/mol. The molecule has 0 aromatic carbocycles. The molecule has 1 heterocycles. The van der Waals surface area contributed by atoms with Crippen molar-refractivity contribution >= 4 is 17.9 Å². The largest absolute Gasteiger partial charge is 0.480 e. The molecule has 158 valence electrons. The molecule has 2 fully saturated rings. The number of primary amides is 1. The van der Waals surface area contributed by atoms with Gasteiger partial charge < -0.3 is 26.2 Å². The molecular formula is C20H28N4O5. The predicted octanol–water partition coefficient (Wildman–Crippen LogP) is 1.67. The van der Waals surface area contributed by atoms with Crippen LogP contribution in [0, 0.1) is 11.3 Å². The van der Waals surface area contributed by atoms with Gasteiger partial charge >= 0.3 is 12.0 Å². The number of hydrogen-bond acceptors (Lipinski definition) is 5. The fraction of sp³-hybridized carbons (Fsp3) is 0.600. The Balaban J connectivity index is 1.42. The number of carboxylic acids is 1. The zero-order valence-electron chi connectivity index (χ0n) is 16.7. The van der Waals surface area contributed by atoms with E-state index in [9.17, 15) is 19.5 Å². The number of hydrogen-bond donors (Lipinski definition) is 4. The van der Waals surface area contributed by atoms with Crippen LogP contribution in [0.2, 0.25) is 0 Å². The summed E-state index contributed by atoms with van der Waals surface area (Å²) < 4.78 is 5.83. The average molecular weight is 404 g/mol. The molecule has 2 saturated carbocycles. The molecule has 5 N–H and O–H groups in total. The van der Waals surface area contributed by atoms with Crippen LogP contribution in [0.4, 0.5) is 4.79 Å². The van der Waals surface area contributed by atoms with Gasteiger partial charge in [-0.05, 0) is 55.6 Å². The molecule has 0 radical (unpaired) electrons. The smallest absolute Gasteiger partial charge is 0.326 e. The molecule has 2 aliphatic carbocycles. The minimum atomic E-state index is -1.03. The summed E-state index contributed by atoms with van der Waals surface area (Å²) >= 11 is 0. The van der Waals surface area contributed by atoms with Crippen LogP contribution >= 0.6 is 0 Å². The van der Waals surface area contributed by atoms with E-state index in [0.29, 0.717) is 6.42 Å². The molecule has 0 saturated heterocycles. The van der Waals surface area contributed by atoms with E-state index in [1.807, 2.05) is 13.8 Å². The Morgan fingerprint density at radius 1 is 1.31 bits per heavy atom. The maximum atomic E-state index is 12.1. The number of pyridine rings is 1. The minimum Gasteiger partial charge on any atom is -0.480 e. The Kier molecular flexibility index (Phi) is 5.95. The van der Waals surface area contributed by atoms with Crippen LogP contribution < -0.4 is 21.1 Å². The molecule has 1 atom stereocenters. The fourth-order valence-corrected chi connectivity index (χ4v) is 4.32. The number of rotatable bonds is 8. The van der Waals surface area contributed by atoms with E-state index >= 15 is 0 Å². The van der Waals surface area contributed by atoms with Gasteiger partial charge in [-0.1, -0.05) is 13.8 Å². The molecular weight excluding hydrogens is 376 g/mol. The molecule has 2 aliphatic rings. The van der Waals surface area contributed by atoms with E-state index < -0.39 is 23.9 Å². The number of carbonyl (C=O) groups excluding carboxylic acids is 2. The van der Waals surface area contributed by atoms with Gasteiger partial charge in [0, 0.05) is 12.2 Å². The topological polar surface area (TPSA) is 144 Å². The maximum Gasteiger partial charge on any atom is 0.326 e. The van der Waals surface area contributed by atoms with E-state index in [2.05, 4.69) is 15.6 Å². The molecule has 9 nitrogen and oxygen atoms in total. The SMILES string of the molecule is CC(C)C[C@H](NC(=O)NC1CC2(C1)CC(Oc1ncccc1C(N)=O)C2)C(=O)O. The highest BCUT2D eigenvalue weighted by Gasteiger charge is 2.54. The third-order valence-electron chi connectivity index (χ3n) is 5.64. The number of carbonyl (C=O) groups is 3. The Morgan fingerprint density at radius 2 is 2.00 bits per heavy atom. The summed E-state index contributed by atoms with van der Waals surface area (Å²) in [7, 11) is 0. The van der Waals surface area contributed by atoms with Crippen LogP contribution in [0.15, 0.2) is 18.3 Å². The minimum absolute atomic E-state index is 0.0276. The van der Waals surface area contributed by atoms with Crippen LogP contribution in [-0.4, -0.2) is 46.2 Å². The molecule has 3 rings (SSSR count). The summed E-state index contributed by atoms with van der Waals surface area (Å²) in [5.74, 6) is -1.16. The Hall–Kier alpha value is -2.84. The number of aromatic nitrogens is 1. The van der Waals surface area contributed by atoms with Crippen molar-refractivity contribution in [2.24, 2.45) is 17.1 Å². The van der Waals surface area contributed by atoms with E-state index in [1.54, 1.807) is 18.3 Å². The predicted molar refractivity (Wildman–Crippen MR) is 104 cm³/mol. The van der Waals surface area contributed by atoms with E-state index in [0.717, 1.165) is 25.7 Å². The summed E-state index contributed by atoms with van der Waals surface area (Å²) in [6.07, 6.45) is 5.22. The number of amides is 3. The third-order valence-corrected chi connectivity index (χ3v) is 5.64. The first kappa shape index (κ1) is 20.9. The molecule has 9 heteroatoms. The van der Waals surface area contributed by atoms with Gasteiger partial charge in [0.15, 0.2) is 0 Å². The van der Waals surface area contributed by atoms with Crippen molar-refractivity contribution in [3.63, 3.8) is 0 Å². The summed E-state index contributed by atoms with van der Waals surface area (Å²) in [6.45, 7) is 3.83. The molecule has 1 spiro atoms. The average Bonchev–Trinajstić information content (AvgIpc) is 2.57. The van der Waals surface area contributed by atoms with Crippen molar-refractivity contribution in [2.45, 2.75) is 64.1 Å². The molecule has 0 aliphatic heterocycles. The quantitative estimate of drug-likeness (QED) is 0.519. The second-order valence-corrected chi connectivity index (χ2v) is 8.61. The fourth-order valence-electron chi connectivity index (χ4n) is 4.32. The highest BCUT2D eigenvalue weighted by Crippen LogP contribution is 2.56. The maximum absolute atomic E-state index is 12.1. The number of ether oxygens (including phenoxy) is 1. The van der Waals surface area contributed by atoms with E-state index in [4.69, 9.17) is 10.5 Å². The Morgan fingerprint density at radius 3 is 2.59 bits per heavy atom. The molecule has 1 aromatic rings. The van der Waals surface area contributed by atoms with Crippen molar-refractivity contribution in [3.8, 4) is 5.88 Å². The number of nitrogens with two attached hydrogens (primary N) is 1. The zero-order chi connectivity index (χ0) is 21.2. The van der Waals surface area contributed by atoms with Crippen LogP contribution in [0.3, 0.4) is 0 Å². The van der Waals surface area contributed by atoms with Gasteiger partial charge in [0.1, 0.15) is 17.7 Å². The standard InChI is InChI=1S/C20H28N4O5/c1-11(2)6-15(18(26)27)24-19(28)23-12-7-20(8-12)9-13(10-20)29-17-14(16(21)25)4-3-5-22-17/h3-5,11-13,15H,6-10H2,1-2H3,(H2,21,25)(H,26,27)(H2,23,24,28)/t12?,13?,15-,20?/m0/s1. The van der Waals surface area contributed by atoms with Crippen molar-refractivity contribution < 1.29 is 24.2 Å². The number of nitrogens with one attached hydrogen (secondary N) is 2. The normalized spacial score (nSPS) is 26.2. The van der Waals surface area contributed by atoms with Crippen molar-refractivity contribution in [1.82, 2.24) is 15.6 Å². The summed E-state index contributed by atoms with van der Waals surface area (Å²) in [5.41, 5.74) is 5.75. The Labute approximate surface area is 169 Å². The first-order valence-corrected chi connectivity index (χ1v) is 9.89. The lowest BCUT2D eigenvalue weighted by Gasteiger charge is -2.57. The second-order valence-electron chi connectivity index (χ2n) is 8.61. The van der Waals surface area contributed by atoms with Gasteiger partial charge in [0.25, 0.3) is 5.91 Å². The van der Waals surface area contributed by atoms with Crippen molar-refractivity contribution in [2.75, 3.05) is 0 Å². The summed E-state index contributed by atoms with van der Waals surface area (Å²) in [6, 6.07) is 1.93. The third kappa shape index (κ3) is 4.96. The van der Waals surface area contributed by atoms with Crippen LogP contribution in [0.1, 0.15) is 56.3 Å². The highest BCUT2D eigenvalue weighted by atomic mass is 16.5. The highest BCUT2D eigenvalue weighted by molar-refractivity contribution is 5.94. The molecule has 29 heavy (non-hydrogen) atoms. The molecule has 3 amide bonds. The first-order chi connectivity index (χ1) is 13.7. The lowest BCUT2D eigenvalue weighted by Crippen LogP contribution is -2.60. The lowest BCUT2D eigenvalue weighted by molar-refractivity contribution is -0.139. The lowest BCUT2D eigenvalue weighted by atomic mass is 9.53. The Bertz CT molecular complexity index is 783. The number of carboxylic acid groups (broad SMARTS) is 1. The van der Waals surface area contributed by atoms with Crippen molar-refractivity contribution in [3.05, 3.63) is 23.9 Å². The van der Waals surface area contributed by atoms with Gasteiger partial charge in [-0.25, -0.2) is 14.6 Å². The van der Waals surface area contributed by atoms with E-state index in [1.165, 1.54) is 0 Å². The van der Waals surface area contributed by atoms with Crippen LogP contribution in [0.5, 0.6) is 5.88 Å². The van der Waals surface area contributed by atoms with Gasteiger partial charge in [0.05, 0.1) is 0 Å². The van der Waals surface area contributed by atoms with Gasteiger partial charge in [-0.15, -0.1) is 0 Å². The molecule has 0 unspecified atom stereocenters. The van der Waals surface area contributed by atoms with Crippen molar-refractivity contribution in [1.29, 1.82) is 0 Å². The number of urea groups is 1. The number of nitrogens with zero attached hydrogens (tertiary/aromatic N) is 1. The molecule has 1 aromatic heterocycles. The summed E-state index contributed by atoms with van der Waals surface area (Å²) in [5, 5.41) is 14.6. The first-order valence-electron chi connectivity index (χ1n) is 9.89. The summed E-state index contributed by atoms with van der Waals surface area (Å²) in [4.78, 5) is 38.9. The molecule has 0 bridgehead atoms. The number of aliphatic carboxylic acids is 1. The van der Waals surface area contributed by atoms with Crippen LogP contribution in [0.25, 0.3) is 0 Å². The van der Waals surface area contributed by atoms with Gasteiger partial charge in [0.2, 0.25) is 5.88 Å². The van der Waals surface area contributed by atoms with Crippen LogP contribution in [-0.2, 0) is 4.79 Å². The second kappa shape index (κ2) is 8.26. The van der Waals surface area contributed by atoms with Gasteiger partial charge in [-0.3, -0.25) is 4.79 Å². The zero-order valence-corrected chi connectivity index (χ0v) is 16.7.